The highest BCUT2D eigenvalue weighted by Crippen LogP contribution is 2.43. The third-order valence-electron chi connectivity index (χ3n) is 4.86. The summed E-state index contributed by atoms with van der Waals surface area (Å²) in [6.07, 6.45) is 6.87. The highest BCUT2D eigenvalue weighted by atomic mass is 15.4. The summed E-state index contributed by atoms with van der Waals surface area (Å²) in [7, 11) is 0. The van der Waals surface area contributed by atoms with Gasteiger partial charge >= 0.3 is 0 Å². The maximum Gasteiger partial charge on any atom is 0.0955 e. The quantitative estimate of drug-likeness (QED) is 0.768. The second-order valence-electron chi connectivity index (χ2n) is 6.16. The maximum absolute atomic E-state index is 2.63. The molecule has 108 valence electrons. The first-order valence-corrected chi connectivity index (χ1v) is 8.12. The van der Waals surface area contributed by atoms with Gasteiger partial charge in [-0.15, -0.1) is 0 Å². The van der Waals surface area contributed by atoms with Gasteiger partial charge in [0.2, 0.25) is 0 Å². The van der Waals surface area contributed by atoms with E-state index in [1.807, 2.05) is 0 Å². The zero-order chi connectivity index (χ0) is 14.1. The van der Waals surface area contributed by atoms with Gasteiger partial charge < -0.3 is 9.80 Å². The molecule has 0 atom stereocenters. The summed E-state index contributed by atoms with van der Waals surface area (Å²) in [6, 6.07) is 20.3. The molecule has 1 aliphatic heterocycles. The van der Waals surface area contributed by atoms with Crippen LogP contribution in [-0.2, 0) is 0 Å². The van der Waals surface area contributed by atoms with Crippen molar-refractivity contribution in [3.63, 3.8) is 0 Å². The van der Waals surface area contributed by atoms with Gasteiger partial charge in [0.15, 0.2) is 0 Å². The van der Waals surface area contributed by atoms with Crippen molar-refractivity contribution in [2.45, 2.75) is 38.1 Å². The number of fused-ring (bicyclic) bond motifs is 1. The average molecular weight is 278 g/mol. The Morgan fingerprint density at radius 2 is 1.38 bits per heavy atom. The van der Waals surface area contributed by atoms with E-state index in [9.17, 15) is 0 Å². The van der Waals surface area contributed by atoms with Crippen molar-refractivity contribution in [3.05, 3.63) is 54.6 Å². The third kappa shape index (κ3) is 2.29. The lowest BCUT2D eigenvalue weighted by Crippen LogP contribution is -2.38. The molecule has 0 spiro atoms. The lowest BCUT2D eigenvalue weighted by Gasteiger charge is -2.33. The highest BCUT2D eigenvalue weighted by Gasteiger charge is 2.31. The van der Waals surface area contributed by atoms with Crippen LogP contribution in [0.2, 0.25) is 0 Å². The second-order valence-corrected chi connectivity index (χ2v) is 6.16. The van der Waals surface area contributed by atoms with Crippen molar-refractivity contribution in [1.82, 2.24) is 0 Å². The van der Waals surface area contributed by atoms with Crippen LogP contribution in [-0.4, -0.2) is 12.7 Å². The van der Waals surface area contributed by atoms with E-state index in [0.717, 1.165) is 6.67 Å². The molecule has 21 heavy (non-hydrogen) atoms. The monoisotopic (exact) mass is 278 g/mol. The normalized spacial score (nSPS) is 18.9. The van der Waals surface area contributed by atoms with Crippen molar-refractivity contribution in [3.8, 4) is 0 Å². The Kier molecular flexibility index (Phi) is 3.30. The number of hydrogen-bond acceptors (Lipinski definition) is 2. The Morgan fingerprint density at radius 1 is 0.714 bits per heavy atom. The van der Waals surface area contributed by atoms with Crippen LogP contribution in [0.15, 0.2) is 54.6 Å². The van der Waals surface area contributed by atoms with Crippen LogP contribution in [0.5, 0.6) is 0 Å². The minimum Gasteiger partial charge on any atom is -0.349 e. The molecule has 2 heteroatoms. The van der Waals surface area contributed by atoms with Crippen molar-refractivity contribution in [2.75, 3.05) is 16.5 Å². The molecule has 0 bridgehead atoms. The van der Waals surface area contributed by atoms with Crippen molar-refractivity contribution < 1.29 is 0 Å². The van der Waals surface area contributed by atoms with Crippen LogP contribution < -0.4 is 9.80 Å². The molecule has 0 N–H and O–H groups in total. The fraction of sp³-hybridized carbons (Fsp3) is 0.368. The lowest BCUT2D eigenvalue weighted by molar-refractivity contribution is 0.420. The van der Waals surface area contributed by atoms with Gasteiger partial charge in [0.1, 0.15) is 0 Å². The Morgan fingerprint density at radius 3 is 2.14 bits per heavy atom. The second kappa shape index (κ2) is 5.44. The minimum atomic E-state index is 0.716. The number of anilines is 3. The molecule has 4 rings (SSSR count). The summed E-state index contributed by atoms with van der Waals surface area (Å²) >= 11 is 0. The number of nitrogens with zero attached hydrogens (tertiary/aromatic N) is 2. The number of rotatable bonds is 2. The largest absolute Gasteiger partial charge is 0.349 e. The number of hydrogen-bond donors (Lipinski definition) is 0. The fourth-order valence-electron chi connectivity index (χ4n) is 3.77. The molecule has 0 saturated heterocycles. The first kappa shape index (κ1) is 12.8. The van der Waals surface area contributed by atoms with Gasteiger partial charge in [0, 0.05) is 11.7 Å². The van der Waals surface area contributed by atoms with E-state index >= 15 is 0 Å². The van der Waals surface area contributed by atoms with E-state index in [1.54, 1.807) is 0 Å². The van der Waals surface area contributed by atoms with E-state index < -0.39 is 0 Å². The average Bonchev–Trinajstić information content (AvgIpc) is 2.96. The molecule has 2 aromatic rings. The van der Waals surface area contributed by atoms with Crippen LogP contribution in [0.4, 0.5) is 17.1 Å². The maximum atomic E-state index is 2.63. The predicted octanol–water partition coefficient (Wildman–Crippen LogP) is 4.93. The number of benzene rings is 2. The van der Waals surface area contributed by atoms with Gasteiger partial charge in [-0.05, 0) is 37.1 Å². The predicted molar refractivity (Wildman–Crippen MR) is 89.2 cm³/mol. The highest BCUT2D eigenvalue weighted by molar-refractivity contribution is 5.82. The molecule has 1 fully saturated rings. The van der Waals surface area contributed by atoms with Crippen LogP contribution in [0.1, 0.15) is 32.1 Å². The third-order valence-corrected chi connectivity index (χ3v) is 4.86. The first-order chi connectivity index (χ1) is 10.4. The standard InChI is InChI=1S/C19H22N2/c1-3-9-16(10-4-1)20-15-21(17-11-5-2-6-12-17)19-14-8-7-13-18(19)20/h1,3-4,7-10,13-14,17H,2,5-6,11-12,15H2. The number of para-hydroxylation sites is 3. The molecular formula is C19H22N2. The molecule has 2 nitrogen and oxygen atoms in total. The summed E-state index contributed by atoms with van der Waals surface area (Å²) in [4.78, 5) is 5.07. The molecule has 0 radical (unpaired) electrons. The Balaban J connectivity index is 1.69. The molecule has 0 amide bonds. The van der Waals surface area contributed by atoms with Gasteiger partial charge in [0.05, 0.1) is 18.0 Å². The fourth-order valence-corrected chi connectivity index (χ4v) is 3.77. The van der Waals surface area contributed by atoms with Crippen LogP contribution in [0.25, 0.3) is 0 Å². The molecule has 1 aliphatic carbocycles. The van der Waals surface area contributed by atoms with Crippen molar-refractivity contribution in [1.29, 1.82) is 0 Å². The summed E-state index contributed by atoms with van der Waals surface area (Å²) in [5, 5.41) is 0. The molecule has 1 saturated carbocycles. The molecule has 1 heterocycles. The minimum absolute atomic E-state index is 0.716. The molecular weight excluding hydrogens is 256 g/mol. The SMILES string of the molecule is c1ccc(N2CN(C3CCCCC3)c3ccccc32)cc1. The summed E-state index contributed by atoms with van der Waals surface area (Å²) in [6.45, 7) is 0.994. The summed E-state index contributed by atoms with van der Waals surface area (Å²) in [5.74, 6) is 0. The van der Waals surface area contributed by atoms with Gasteiger partial charge in [-0.25, -0.2) is 0 Å². The van der Waals surface area contributed by atoms with Crippen molar-refractivity contribution >= 4 is 17.1 Å². The lowest BCUT2D eigenvalue weighted by atomic mass is 9.94. The first-order valence-electron chi connectivity index (χ1n) is 8.12. The Bertz CT molecular complexity index is 602. The van der Waals surface area contributed by atoms with Crippen LogP contribution in [0.3, 0.4) is 0 Å². The smallest absolute Gasteiger partial charge is 0.0955 e. The summed E-state index contributed by atoms with van der Waals surface area (Å²) in [5.41, 5.74) is 4.06. The Hall–Kier alpha value is -1.96. The van der Waals surface area contributed by atoms with Gasteiger partial charge in [-0.3, -0.25) is 0 Å². The van der Waals surface area contributed by atoms with E-state index in [1.165, 1.54) is 49.2 Å². The van der Waals surface area contributed by atoms with Crippen LogP contribution >= 0.6 is 0 Å². The van der Waals surface area contributed by atoms with Crippen LogP contribution in [0, 0.1) is 0 Å². The Labute approximate surface area is 127 Å². The van der Waals surface area contributed by atoms with Gasteiger partial charge in [-0.2, -0.15) is 0 Å². The van der Waals surface area contributed by atoms with E-state index in [0.29, 0.717) is 6.04 Å². The molecule has 0 aromatic heterocycles. The van der Waals surface area contributed by atoms with E-state index in [-0.39, 0.29) is 0 Å². The topological polar surface area (TPSA) is 6.48 Å². The molecule has 0 unspecified atom stereocenters. The molecule has 2 aromatic carbocycles. The summed E-state index contributed by atoms with van der Waals surface area (Å²) < 4.78 is 0. The van der Waals surface area contributed by atoms with Crippen molar-refractivity contribution in [2.24, 2.45) is 0 Å². The van der Waals surface area contributed by atoms with E-state index in [4.69, 9.17) is 0 Å². The molecule has 2 aliphatic rings. The zero-order valence-electron chi connectivity index (χ0n) is 12.4. The zero-order valence-corrected chi connectivity index (χ0v) is 12.4. The van der Waals surface area contributed by atoms with E-state index in [2.05, 4.69) is 64.4 Å². The van der Waals surface area contributed by atoms with Gasteiger partial charge in [0.25, 0.3) is 0 Å². The van der Waals surface area contributed by atoms with Gasteiger partial charge in [-0.1, -0.05) is 49.6 Å².